The molecule has 0 amide bonds. The first-order chi connectivity index (χ1) is 8.68. The number of H-pyrrole nitrogens is 1. The number of nitrogen functional groups attached to an aromatic ring is 1. The minimum atomic E-state index is -1.11. The summed E-state index contributed by atoms with van der Waals surface area (Å²) in [7, 11) is 0. The van der Waals surface area contributed by atoms with E-state index < -0.39 is 5.97 Å². The number of hydrogen-bond donors (Lipinski definition) is 3. The molecule has 0 aliphatic carbocycles. The molecule has 3 aromatic heterocycles. The summed E-state index contributed by atoms with van der Waals surface area (Å²) in [6.07, 6.45) is 3.12. The van der Waals surface area contributed by atoms with Gasteiger partial charge in [0.1, 0.15) is 17.1 Å². The van der Waals surface area contributed by atoms with E-state index in [1.54, 1.807) is 30.7 Å². The minimum absolute atomic E-state index is 0.0588. The molecular formula is C12H9N3O3. The molecule has 0 saturated heterocycles. The molecule has 18 heavy (non-hydrogen) atoms. The molecule has 0 saturated carbocycles. The van der Waals surface area contributed by atoms with Crippen molar-refractivity contribution in [2.24, 2.45) is 0 Å². The molecular weight excluding hydrogens is 234 g/mol. The standard InChI is InChI=1S/C12H9N3O3/c13-9-8-6(7-2-1-5-18-7)3-4-14-11(8)15-10(9)12(16)17/h1-5H,13H2,(H,14,15)(H,16,17). The highest BCUT2D eigenvalue weighted by Gasteiger charge is 2.19. The lowest BCUT2D eigenvalue weighted by molar-refractivity contribution is 0.0692. The molecule has 4 N–H and O–H groups in total. The van der Waals surface area contributed by atoms with Gasteiger partial charge < -0.3 is 20.2 Å². The third-order valence-electron chi connectivity index (χ3n) is 2.73. The molecule has 0 bridgehead atoms. The van der Waals surface area contributed by atoms with Crippen molar-refractivity contribution in [1.82, 2.24) is 9.97 Å². The maximum atomic E-state index is 11.0. The van der Waals surface area contributed by atoms with Crippen molar-refractivity contribution in [2.45, 2.75) is 0 Å². The number of aromatic amines is 1. The highest BCUT2D eigenvalue weighted by atomic mass is 16.4. The first kappa shape index (κ1) is 10.4. The second-order valence-electron chi connectivity index (χ2n) is 3.78. The Labute approximate surface area is 101 Å². The van der Waals surface area contributed by atoms with Crippen LogP contribution in [-0.4, -0.2) is 21.0 Å². The predicted octanol–water partition coefficient (Wildman–Crippen LogP) is 2.10. The van der Waals surface area contributed by atoms with Gasteiger partial charge in [0, 0.05) is 11.8 Å². The summed E-state index contributed by atoms with van der Waals surface area (Å²) in [6.45, 7) is 0. The minimum Gasteiger partial charge on any atom is -0.477 e. The average molecular weight is 243 g/mol. The van der Waals surface area contributed by atoms with Gasteiger partial charge in [-0.3, -0.25) is 0 Å². The van der Waals surface area contributed by atoms with Crippen LogP contribution < -0.4 is 5.73 Å². The summed E-state index contributed by atoms with van der Waals surface area (Å²) < 4.78 is 5.31. The average Bonchev–Trinajstić information content (AvgIpc) is 2.97. The van der Waals surface area contributed by atoms with Crippen LogP contribution in [0.4, 0.5) is 5.69 Å². The second-order valence-corrected chi connectivity index (χ2v) is 3.78. The van der Waals surface area contributed by atoms with Gasteiger partial charge in [-0.25, -0.2) is 9.78 Å². The lowest BCUT2D eigenvalue weighted by atomic mass is 10.1. The molecule has 3 rings (SSSR count). The normalized spacial score (nSPS) is 10.9. The number of pyridine rings is 1. The van der Waals surface area contributed by atoms with Crippen molar-refractivity contribution in [3.63, 3.8) is 0 Å². The topological polar surface area (TPSA) is 105 Å². The fraction of sp³-hybridized carbons (Fsp3) is 0. The van der Waals surface area contributed by atoms with Gasteiger partial charge in [-0.05, 0) is 18.2 Å². The lowest BCUT2D eigenvalue weighted by Crippen LogP contribution is -2.00. The quantitative estimate of drug-likeness (QED) is 0.639. The van der Waals surface area contributed by atoms with Crippen molar-refractivity contribution >= 4 is 22.7 Å². The maximum absolute atomic E-state index is 11.0. The largest absolute Gasteiger partial charge is 0.477 e. The molecule has 0 aromatic carbocycles. The molecule has 3 heterocycles. The number of fused-ring (bicyclic) bond motifs is 1. The van der Waals surface area contributed by atoms with Crippen molar-refractivity contribution in [2.75, 3.05) is 5.73 Å². The van der Waals surface area contributed by atoms with Crippen molar-refractivity contribution in [3.8, 4) is 11.3 Å². The number of carboxylic acid groups (broad SMARTS) is 1. The Morgan fingerprint density at radius 1 is 1.44 bits per heavy atom. The Morgan fingerprint density at radius 2 is 2.28 bits per heavy atom. The van der Waals surface area contributed by atoms with E-state index in [0.717, 1.165) is 0 Å². The van der Waals surface area contributed by atoms with Gasteiger partial charge >= 0.3 is 5.97 Å². The van der Waals surface area contributed by atoms with Gasteiger partial charge in [-0.2, -0.15) is 0 Å². The molecule has 0 aliphatic heterocycles. The molecule has 90 valence electrons. The first-order valence-corrected chi connectivity index (χ1v) is 5.22. The zero-order valence-electron chi connectivity index (χ0n) is 9.18. The van der Waals surface area contributed by atoms with Gasteiger partial charge in [-0.1, -0.05) is 0 Å². The van der Waals surface area contributed by atoms with Crippen molar-refractivity contribution < 1.29 is 14.3 Å². The van der Waals surface area contributed by atoms with Crippen LogP contribution in [0.3, 0.4) is 0 Å². The van der Waals surface area contributed by atoms with E-state index in [9.17, 15) is 4.79 Å². The summed E-state index contributed by atoms with van der Waals surface area (Å²) in [5, 5.41) is 9.59. The van der Waals surface area contributed by atoms with Crippen molar-refractivity contribution in [3.05, 3.63) is 36.4 Å². The van der Waals surface area contributed by atoms with Crippen LogP contribution in [0.25, 0.3) is 22.4 Å². The molecule has 6 nitrogen and oxygen atoms in total. The fourth-order valence-electron chi connectivity index (χ4n) is 1.95. The van der Waals surface area contributed by atoms with E-state index >= 15 is 0 Å². The number of nitrogens with one attached hydrogen (secondary N) is 1. The number of rotatable bonds is 2. The van der Waals surface area contributed by atoms with Crippen LogP contribution in [0.1, 0.15) is 10.5 Å². The number of carboxylic acids is 1. The van der Waals surface area contributed by atoms with E-state index in [1.165, 1.54) is 0 Å². The zero-order valence-corrected chi connectivity index (χ0v) is 9.18. The number of hydrogen-bond acceptors (Lipinski definition) is 4. The van der Waals surface area contributed by atoms with E-state index in [-0.39, 0.29) is 11.4 Å². The Morgan fingerprint density at radius 3 is 2.94 bits per heavy atom. The number of nitrogens with zero attached hydrogens (tertiary/aromatic N) is 1. The smallest absolute Gasteiger partial charge is 0.354 e. The number of aromatic nitrogens is 2. The van der Waals surface area contributed by atoms with Gasteiger partial charge in [0.15, 0.2) is 0 Å². The Kier molecular flexibility index (Phi) is 2.09. The number of aromatic carboxylic acids is 1. The number of nitrogens with two attached hydrogens (primary N) is 1. The SMILES string of the molecule is Nc1c(C(=O)O)[nH]c2nccc(-c3ccco3)c12. The fourth-order valence-corrected chi connectivity index (χ4v) is 1.95. The lowest BCUT2D eigenvalue weighted by Gasteiger charge is -1.99. The van der Waals surface area contributed by atoms with E-state index in [1.807, 2.05) is 0 Å². The first-order valence-electron chi connectivity index (χ1n) is 5.22. The summed E-state index contributed by atoms with van der Waals surface area (Å²) in [6, 6.07) is 5.27. The molecule has 3 aromatic rings. The Bertz CT molecular complexity index is 728. The third-order valence-corrected chi connectivity index (χ3v) is 2.73. The van der Waals surface area contributed by atoms with Crippen molar-refractivity contribution in [1.29, 1.82) is 0 Å². The van der Waals surface area contributed by atoms with Gasteiger partial charge in [-0.15, -0.1) is 0 Å². The molecule has 0 radical (unpaired) electrons. The summed E-state index contributed by atoms with van der Waals surface area (Å²) in [5.41, 5.74) is 7.10. The van der Waals surface area contributed by atoms with Crippen LogP contribution in [-0.2, 0) is 0 Å². The Balaban J connectivity index is 2.37. The number of carbonyl (C=O) groups is 1. The van der Waals surface area contributed by atoms with Crippen LogP contribution >= 0.6 is 0 Å². The highest BCUT2D eigenvalue weighted by Crippen LogP contribution is 2.33. The maximum Gasteiger partial charge on any atom is 0.354 e. The van der Waals surface area contributed by atoms with Gasteiger partial charge in [0.05, 0.1) is 17.3 Å². The van der Waals surface area contributed by atoms with E-state index in [2.05, 4.69) is 9.97 Å². The molecule has 0 unspecified atom stereocenters. The number of anilines is 1. The second kappa shape index (κ2) is 3.63. The van der Waals surface area contributed by atoms with Gasteiger partial charge in [0.25, 0.3) is 0 Å². The molecule has 0 atom stereocenters. The monoisotopic (exact) mass is 243 g/mol. The van der Waals surface area contributed by atoms with E-state index in [0.29, 0.717) is 22.4 Å². The van der Waals surface area contributed by atoms with Crippen LogP contribution in [0.5, 0.6) is 0 Å². The van der Waals surface area contributed by atoms with Crippen LogP contribution in [0.15, 0.2) is 35.1 Å². The summed E-state index contributed by atoms with van der Waals surface area (Å²) >= 11 is 0. The number of furan rings is 1. The van der Waals surface area contributed by atoms with Gasteiger partial charge in [0.2, 0.25) is 0 Å². The molecule has 0 spiro atoms. The summed E-state index contributed by atoms with van der Waals surface area (Å²) in [5.74, 6) is -0.499. The highest BCUT2D eigenvalue weighted by molar-refractivity contribution is 6.08. The molecule has 0 fully saturated rings. The summed E-state index contributed by atoms with van der Waals surface area (Å²) in [4.78, 5) is 17.8. The van der Waals surface area contributed by atoms with Crippen LogP contribution in [0.2, 0.25) is 0 Å². The predicted molar refractivity (Wildman–Crippen MR) is 65.2 cm³/mol. The zero-order chi connectivity index (χ0) is 12.7. The van der Waals surface area contributed by atoms with E-state index in [4.69, 9.17) is 15.3 Å². The van der Waals surface area contributed by atoms with Crippen LogP contribution in [0, 0.1) is 0 Å². The third kappa shape index (κ3) is 1.36. The Hall–Kier alpha value is -2.76. The molecule has 0 aliphatic rings. The molecule has 6 heteroatoms.